The van der Waals surface area contributed by atoms with Crippen LogP contribution in [-0.2, 0) is 20.7 Å². The molecule has 0 aliphatic rings. The minimum atomic E-state index is -0.496. The quantitative estimate of drug-likeness (QED) is 0.708. The molecule has 7 heteroatoms. The van der Waals surface area contributed by atoms with Crippen molar-refractivity contribution < 1.29 is 23.5 Å². The number of ether oxygens (including phenoxy) is 1. The number of amides is 2. The van der Waals surface area contributed by atoms with E-state index in [9.17, 15) is 18.8 Å². The Morgan fingerprint density at radius 1 is 1.11 bits per heavy atom. The van der Waals surface area contributed by atoms with Crippen molar-refractivity contribution in [3.63, 3.8) is 0 Å². The zero-order valence-corrected chi connectivity index (χ0v) is 15.9. The number of hydrogen-bond donors (Lipinski definition) is 1. The Kier molecular flexibility index (Phi) is 7.68. The summed E-state index contributed by atoms with van der Waals surface area (Å²) in [6.07, 6.45) is 0.703. The molecular weight excluding hydrogens is 363 g/mol. The molecule has 2 rings (SSSR count). The van der Waals surface area contributed by atoms with Crippen LogP contribution in [0.5, 0.6) is 0 Å². The van der Waals surface area contributed by atoms with Crippen molar-refractivity contribution in [2.75, 3.05) is 25.1 Å². The van der Waals surface area contributed by atoms with Gasteiger partial charge in [-0.15, -0.1) is 0 Å². The van der Waals surface area contributed by atoms with Crippen molar-refractivity contribution in [3.8, 4) is 0 Å². The van der Waals surface area contributed by atoms with Crippen LogP contribution in [0.1, 0.15) is 29.3 Å². The van der Waals surface area contributed by atoms with E-state index in [1.54, 1.807) is 36.4 Å². The first-order chi connectivity index (χ1) is 13.4. The van der Waals surface area contributed by atoms with E-state index in [4.69, 9.17) is 0 Å². The Labute approximate surface area is 163 Å². The van der Waals surface area contributed by atoms with Crippen molar-refractivity contribution >= 4 is 23.5 Å². The normalized spacial score (nSPS) is 10.2. The predicted octanol–water partition coefficient (Wildman–Crippen LogP) is 2.71. The first-order valence-electron chi connectivity index (χ1n) is 8.88. The molecule has 0 aromatic heterocycles. The number of nitrogens with zero attached hydrogens (tertiary/aromatic N) is 1. The van der Waals surface area contributed by atoms with Gasteiger partial charge in [-0.05, 0) is 42.3 Å². The fourth-order valence-corrected chi connectivity index (χ4v) is 2.69. The first kappa shape index (κ1) is 21.1. The molecule has 2 aromatic carbocycles. The number of rotatable bonds is 8. The first-order valence-corrected chi connectivity index (χ1v) is 8.88. The summed E-state index contributed by atoms with van der Waals surface area (Å²) in [6, 6.07) is 12.6. The number of carbonyl (C=O) groups excluding carboxylic acids is 3. The molecule has 0 saturated carbocycles. The molecule has 0 radical (unpaired) electrons. The SMILES string of the molecule is COC(=O)c1cccc(N(CCC(=O)NCCc2ccc(F)cc2)C(C)=O)c1. The number of anilines is 1. The van der Waals surface area contributed by atoms with Crippen LogP contribution in [0, 0.1) is 5.82 Å². The largest absolute Gasteiger partial charge is 0.465 e. The molecule has 0 fully saturated rings. The molecular formula is C21H23FN2O4. The molecule has 0 heterocycles. The van der Waals surface area contributed by atoms with Crippen LogP contribution in [0.25, 0.3) is 0 Å². The lowest BCUT2D eigenvalue weighted by atomic mass is 10.1. The Hall–Kier alpha value is -3.22. The number of methoxy groups -OCH3 is 1. The van der Waals surface area contributed by atoms with E-state index in [1.807, 2.05) is 0 Å². The van der Waals surface area contributed by atoms with E-state index in [0.717, 1.165) is 5.56 Å². The molecule has 0 unspecified atom stereocenters. The van der Waals surface area contributed by atoms with Gasteiger partial charge < -0.3 is 15.0 Å². The second kappa shape index (κ2) is 10.2. The minimum Gasteiger partial charge on any atom is -0.465 e. The maximum atomic E-state index is 12.9. The Morgan fingerprint density at radius 2 is 1.82 bits per heavy atom. The summed E-state index contributed by atoms with van der Waals surface area (Å²) in [5.41, 5.74) is 1.77. The van der Waals surface area contributed by atoms with Gasteiger partial charge in [0.05, 0.1) is 12.7 Å². The van der Waals surface area contributed by atoms with Gasteiger partial charge in [0.1, 0.15) is 5.82 Å². The van der Waals surface area contributed by atoms with Crippen molar-refractivity contribution in [1.82, 2.24) is 5.32 Å². The number of esters is 1. The van der Waals surface area contributed by atoms with Crippen molar-refractivity contribution in [2.45, 2.75) is 19.8 Å². The molecule has 6 nitrogen and oxygen atoms in total. The van der Waals surface area contributed by atoms with Gasteiger partial charge in [0.2, 0.25) is 11.8 Å². The third kappa shape index (κ3) is 6.19. The summed E-state index contributed by atoms with van der Waals surface area (Å²) >= 11 is 0. The minimum absolute atomic E-state index is 0.117. The smallest absolute Gasteiger partial charge is 0.337 e. The van der Waals surface area contributed by atoms with Gasteiger partial charge in [-0.3, -0.25) is 9.59 Å². The summed E-state index contributed by atoms with van der Waals surface area (Å²) in [5.74, 6) is -1.23. The summed E-state index contributed by atoms with van der Waals surface area (Å²) in [4.78, 5) is 37.2. The summed E-state index contributed by atoms with van der Waals surface area (Å²) in [5, 5.41) is 2.79. The van der Waals surface area contributed by atoms with Crippen LogP contribution in [0.15, 0.2) is 48.5 Å². The molecule has 0 aliphatic carbocycles. The van der Waals surface area contributed by atoms with E-state index in [0.29, 0.717) is 24.2 Å². The van der Waals surface area contributed by atoms with Crippen LogP contribution < -0.4 is 10.2 Å². The molecule has 28 heavy (non-hydrogen) atoms. The van der Waals surface area contributed by atoms with Crippen molar-refractivity contribution in [2.24, 2.45) is 0 Å². The predicted molar refractivity (Wildman–Crippen MR) is 104 cm³/mol. The fraction of sp³-hybridized carbons (Fsp3) is 0.286. The van der Waals surface area contributed by atoms with E-state index in [-0.39, 0.29) is 30.6 Å². The summed E-state index contributed by atoms with van der Waals surface area (Å²) < 4.78 is 17.6. The summed E-state index contributed by atoms with van der Waals surface area (Å²) in [7, 11) is 1.29. The van der Waals surface area contributed by atoms with Gasteiger partial charge in [-0.25, -0.2) is 9.18 Å². The maximum Gasteiger partial charge on any atom is 0.337 e. The monoisotopic (exact) mass is 386 g/mol. The third-order valence-electron chi connectivity index (χ3n) is 4.17. The molecule has 0 bridgehead atoms. The van der Waals surface area contributed by atoms with E-state index < -0.39 is 5.97 Å². The second-order valence-electron chi connectivity index (χ2n) is 6.19. The molecule has 0 aliphatic heterocycles. The van der Waals surface area contributed by atoms with E-state index in [2.05, 4.69) is 10.1 Å². The van der Waals surface area contributed by atoms with Crippen LogP contribution in [0.2, 0.25) is 0 Å². The van der Waals surface area contributed by atoms with Gasteiger partial charge in [-0.2, -0.15) is 0 Å². The molecule has 2 amide bonds. The highest BCUT2D eigenvalue weighted by atomic mass is 19.1. The van der Waals surface area contributed by atoms with Gasteiger partial charge in [0.25, 0.3) is 0 Å². The highest BCUT2D eigenvalue weighted by molar-refractivity contribution is 5.95. The standard InChI is InChI=1S/C21H23FN2O4/c1-15(25)24(19-5-3-4-17(14-19)21(27)28-2)13-11-20(26)23-12-10-16-6-8-18(22)9-7-16/h3-9,14H,10-13H2,1-2H3,(H,23,26). The number of nitrogens with one attached hydrogen (secondary N) is 1. The van der Waals surface area contributed by atoms with Gasteiger partial charge in [-0.1, -0.05) is 18.2 Å². The third-order valence-corrected chi connectivity index (χ3v) is 4.17. The highest BCUT2D eigenvalue weighted by Crippen LogP contribution is 2.17. The lowest BCUT2D eigenvalue weighted by molar-refractivity contribution is -0.121. The Morgan fingerprint density at radius 3 is 2.46 bits per heavy atom. The average molecular weight is 386 g/mol. The zero-order chi connectivity index (χ0) is 20.5. The van der Waals surface area contributed by atoms with Gasteiger partial charge in [0, 0.05) is 32.1 Å². The van der Waals surface area contributed by atoms with Gasteiger partial charge >= 0.3 is 5.97 Å². The number of carbonyl (C=O) groups is 3. The van der Waals surface area contributed by atoms with Gasteiger partial charge in [0.15, 0.2) is 0 Å². The Bertz CT molecular complexity index is 837. The maximum absolute atomic E-state index is 12.9. The van der Waals surface area contributed by atoms with E-state index >= 15 is 0 Å². The van der Waals surface area contributed by atoms with Crippen LogP contribution in [0.3, 0.4) is 0 Å². The fourth-order valence-electron chi connectivity index (χ4n) is 2.69. The Balaban J connectivity index is 1.88. The molecule has 0 spiro atoms. The molecule has 148 valence electrons. The lowest BCUT2D eigenvalue weighted by Gasteiger charge is -2.21. The highest BCUT2D eigenvalue weighted by Gasteiger charge is 2.15. The lowest BCUT2D eigenvalue weighted by Crippen LogP contribution is -2.34. The molecule has 0 atom stereocenters. The van der Waals surface area contributed by atoms with E-state index in [1.165, 1.54) is 31.1 Å². The topological polar surface area (TPSA) is 75.7 Å². The summed E-state index contributed by atoms with van der Waals surface area (Å²) in [6.45, 7) is 2.00. The molecule has 2 aromatic rings. The van der Waals surface area contributed by atoms with Crippen molar-refractivity contribution in [1.29, 1.82) is 0 Å². The van der Waals surface area contributed by atoms with Crippen LogP contribution >= 0.6 is 0 Å². The zero-order valence-electron chi connectivity index (χ0n) is 15.9. The number of hydrogen-bond acceptors (Lipinski definition) is 4. The van der Waals surface area contributed by atoms with Crippen LogP contribution in [-0.4, -0.2) is 38.0 Å². The average Bonchev–Trinajstić information content (AvgIpc) is 2.69. The number of halogens is 1. The second-order valence-corrected chi connectivity index (χ2v) is 6.19. The molecule has 0 saturated heterocycles. The molecule has 1 N–H and O–H groups in total. The van der Waals surface area contributed by atoms with Crippen LogP contribution in [0.4, 0.5) is 10.1 Å². The number of benzene rings is 2. The van der Waals surface area contributed by atoms with Crippen molar-refractivity contribution in [3.05, 3.63) is 65.5 Å².